The lowest BCUT2D eigenvalue weighted by Crippen LogP contribution is -2.50. The van der Waals surface area contributed by atoms with Gasteiger partial charge in [0.25, 0.3) is 0 Å². The molecule has 0 saturated carbocycles. The standard InChI is InChI=1S/C27H40FNO6S/c1-7-19-24(31)25(4,5)12-10-23(30)34-21(20(28)13-18-15-36-17(3)29-18)14-22-26(6,35-22)11-8-9-16(2)27(19,32)33/h13,15-16,19,21-22,32-33H,7-12,14H2,1-6H3/b20-13-. The summed E-state index contributed by atoms with van der Waals surface area (Å²) in [7, 11) is 0. The van der Waals surface area contributed by atoms with E-state index in [0.29, 0.717) is 25.0 Å². The van der Waals surface area contributed by atoms with Crippen LogP contribution in [0.3, 0.4) is 0 Å². The Balaban J connectivity index is 1.85. The maximum absolute atomic E-state index is 15.3. The molecule has 2 N–H and O–H groups in total. The summed E-state index contributed by atoms with van der Waals surface area (Å²) in [5, 5.41) is 24.5. The summed E-state index contributed by atoms with van der Waals surface area (Å²) < 4.78 is 26.8. The molecule has 1 aromatic rings. The fourth-order valence-electron chi connectivity index (χ4n) is 5.12. The number of esters is 1. The summed E-state index contributed by atoms with van der Waals surface area (Å²) in [6.45, 7) is 10.7. The van der Waals surface area contributed by atoms with Crippen molar-refractivity contribution in [3.8, 4) is 0 Å². The van der Waals surface area contributed by atoms with E-state index < -0.39 is 46.5 Å². The molecule has 3 heterocycles. The third kappa shape index (κ3) is 6.60. The molecule has 202 valence electrons. The van der Waals surface area contributed by atoms with Gasteiger partial charge in [0.05, 0.1) is 28.3 Å². The molecule has 0 spiro atoms. The van der Waals surface area contributed by atoms with E-state index in [1.54, 1.807) is 33.1 Å². The summed E-state index contributed by atoms with van der Waals surface area (Å²) in [5.41, 5.74) is -1.03. The minimum absolute atomic E-state index is 0.100. The SMILES string of the molecule is CCC1C(=O)C(C)(C)CCC(=O)OC(/C(F)=C/c2csc(C)n2)CC2OC2(C)CCCC(C)C1(O)O. The number of hydrogen-bond donors (Lipinski definition) is 2. The molecule has 2 aliphatic rings. The van der Waals surface area contributed by atoms with Crippen LogP contribution in [-0.2, 0) is 19.1 Å². The number of hydrogen-bond acceptors (Lipinski definition) is 8. The van der Waals surface area contributed by atoms with E-state index in [-0.39, 0.29) is 37.6 Å². The van der Waals surface area contributed by atoms with Crippen molar-refractivity contribution >= 4 is 29.2 Å². The lowest BCUT2D eigenvalue weighted by atomic mass is 9.71. The number of halogens is 1. The Kier molecular flexibility index (Phi) is 8.80. The smallest absolute Gasteiger partial charge is 0.306 e. The number of cyclic esters (lactones) is 1. The molecule has 0 amide bonds. The van der Waals surface area contributed by atoms with Crippen molar-refractivity contribution in [1.82, 2.24) is 4.98 Å². The Labute approximate surface area is 217 Å². The predicted molar refractivity (Wildman–Crippen MR) is 136 cm³/mol. The number of rotatable bonds is 3. The maximum Gasteiger partial charge on any atom is 0.306 e. The second kappa shape index (κ2) is 11.0. The molecule has 0 aromatic carbocycles. The summed E-state index contributed by atoms with van der Waals surface area (Å²) in [6.07, 6.45) is 2.16. The minimum atomic E-state index is -2.15. The van der Waals surface area contributed by atoms with Crippen molar-refractivity contribution in [2.45, 2.75) is 110 Å². The zero-order chi connectivity index (χ0) is 26.9. The van der Waals surface area contributed by atoms with Gasteiger partial charge in [-0.1, -0.05) is 34.1 Å². The number of aryl methyl sites for hydroxylation is 1. The number of Topliss-reactive ketones (excluding diaryl/α,β-unsaturated/α-hetero) is 1. The number of carbonyl (C=O) groups excluding carboxylic acids is 2. The van der Waals surface area contributed by atoms with Crippen molar-refractivity contribution < 1.29 is 33.7 Å². The highest BCUT2D eigenvalue weighted by molar-refractivity contribution is 7.09. The molecule has 2 saturated heterocycles. The molecule has 5 atom stereocenters. The molecule has 2 aliphatic heterocycles. The number of aliphatic hydroxyl groups is 2. The number of carbonyl (C=O) groups is 2. The van der Waals surface area contributed by atoms with Gasteiger partial charge in [0, 0.05) is 29.6 Å². The second-order valence-electron chi connectivity index (χ2n) is 11.2. The van der Waals surface area contributed by atoms with E-state index in [0.717, 1.165) is 5.01 Å². The molecular weight excluding hydrogens is 485 g/mol. The normalized spacial score (nSPS) is 34.1. The highest BCUT2D eigenvalue weighted by Crippen LogP contribution is 2.46. The van der Waals surface area contributed by atoms with Crippen molar-refractivity contribution in [2.24, 2.45) is 17.3 Å². The maximum atomic E-state index is 15.3. The van der Waals surface area contributed by atoms with Gasteiger partial charge >= 0.3 is 5.97 Å². The van der Waals surface area contributed by atoms with Gasteiger partial charge in [-0.15, -0.1) is 11.3 Å². The number of epoxide rings is 1. The Morgan fingerprint density at radius 3 is 2.58 bits per heavy atom. The first-order valence-electron chi connectivity index (χ1n) is 12.8. The molecule has 0 aliphatic carbocycles. The summed E-state index contributed by atoms with van der Waals surface area (Å²) >= 11 is 1.41. The number of ether oxygens (including phenoxy) is 2. The fraction of sp³-hybridized carbons (Fsp3) is 0.741. The van der Waals surface area contributed by atoms with Crippen LogP contribution < -0.4 is 0 Å². The van der Waals surface area contributed by atoms with Gasteiger partial charge in [-0.3, -0.25) is 9.59 Å². The van der Waals surface area contributed by atoms with Gasteiger partial charge in [0.1, 0.15) is 11.6 Å². The van der Waals surface area contributed by atoms with Crippen molar-refractivity contribution in [3.63, 3.8) is 0 Å². The lowest BCUT2D eigenvalue weighted by molar-refractivity contribution is -0.234. The van der Waals surface area contributed by atoms with Crippen molar-refractivity contribution in [1.29, 1.82) is 0 Å². The van der Waals surface area contributed by atoms with Gasteiger partial charge in [-0.2, -0.15) is 0 Å². The van der Waals surface area contributed by atoms with E-state index in [9.17, 15) is 19.8 Å². The predicted octanol–water partition coefficient (Wildman–Crippen LogP) is 5.12. The van der Waals surface area contributed by atoms with E-state index in [2.05, 4.69) is 4.98 Å². The summed E-state index contributed by atoms with van der Waals surface area (Å²) in [6, 6.07) is 0. The number of ketones is 1. The number of nitrogens with zero attached hydrogens (tertiary/aromatic N) is 1. The highest BCUT2D eigenvalue weighted by Gasteiger charge is 2.53. The fourth-order valence-corrected chi connectivity index (χ4v) is 5.69. The first-order valence-corrected chi connectivity index (χ1v) is 13.7. The average Bonchev–Trinajstić information content (AvgIpc) is 3.23. The number of fused-ring (bicyclic) bond motifs is 1. The van der Waals surface area contributed by atoms with Crippen LogP contribution >= 0.6 is 11.3 Å². The van der Waals surface area contributed by atoms with Gasteiger partial charge in [-0.25, -0.2) is 9.37 Å². The Bertz CT molecular complexity index is 989. The molecule has 7 nitrogen and oxygen atoms in total. The van der Waals surface area contributed by atoms with E-state index in [4.69, 9.17) is 9.47 Å². The minimum Gasteiger partial charge on any atom is -0.455 e. The molecule has 0 radical (unpaired) electrons. The average molecular weight is 526 g/mol. The van der Waals surface area contributed by atoms with Crippen LogP contribution in [0.1, 0.15) is 90.3 Å². The van der Waals surface area contributed by atoms with Gasteiger partial charge in [0.2, 0.25) is 0 Å². The topological polar surface area (TPSA) is 109 Å². The molecule has 2 fully saturated rings. The molecule has 9 heteroatoms. The first-order chi connectivity index (χ1) is 16.7. The first kappa shape index (κ1) is 28.9. The lowest BCUT2D eigenvalue weighted by Gasteiger charge is -2.39. The Morgan fingerprint density at radius 1 is 1.28 bits per heavy atom. The molecule has 0 bridgehead atoms. The van der Waals surface area contributed by atoms with Crippen LogP contribution in [-0.4, -0.2) is 50.5 Å². The van der Waals surface area contributed by atoms with Crippen LogP contribution in [0.15, 0.2) is 11.2 Å². The monoisotopic (exact) mass is 525 g/mol. The summed E-state index contributed by atoms with van der Waals surface area (Å²) in [5.74, 6) is -5.18. The molecule has 3 rings (SSSR count). The third-order valence-corrected chi connectivity index (χ3v) is 8.65. The zero-order valence-electron chi connectivity index (χ0n) is 22.2. The van der Waals surface area contributed by atoms with E-state index >= 15 is 4.39 Å². The van der Waals surface area contributed by atoms with Gasteiger partial charge < -0.3 is 19.7 Å². The molecular formula is C27H40FNO6S. The van der Waals surface area contributed by atoms with Crippen LogP contribution in [0, 0.1) is 24.2 Å². The Morgan fingerprint density at radius 2 is 1.97 bits per heavy atom. The molecule has 1 aromatic heterocycles. The molecule has 5 unspecified atom stereocenters. The van der Waals surface area contributed by atoms with Gasteiger partial charge in [-0.05, 0) is 45.6 Å². The number of thiazole rings is 1. The van der Waals surface area contributed by atoms with Crippen LogP contribution in [0.25, 0.3) is 6.08 Å². The highest BCUT2D eigenvalue weighted by atomic mass is 32.1. The quantitative estimate of drug-likeness (QED) is 0.320. The number of aromatic nitrogens is 1. The second-order valence-corrected chi connectivity index (χ2v) is 12.3. The Hall–Kier alpha value is -1.68. The van der Waals surface area contributed by atoms with Crippen molar-refractivity contribution in [3.05, 3.63) is 21.9 Å². The summed E-state index contributed by atoms with van der Waals surface area (Å²) in [4.78, 5) is 30.4. The van der Waals surface area contributed by atoms with Crippen LogP contribution in [0.5, 0.6) is 0 Å². The van der Waals surface area contributed by atoms with Crippen LogP contribution in [0.2, 0.25) is 0 Å². The third-order valence-electron chi connectivity index (χ3n) is 7.86. The van der Waals surface area contributed by atoms with E-state index in [1.165, 1.54) is 17.4 Å². The van der Waals surface area contributed by atoms with E-state index in [1.807, 2.05) is 13.8 Å². The zero-order valence-corrected chi connectivity index (χ0v) is 23.0. The van der Waals surface area contributed by atoms with Gasteiger partial charge in [0.15, 0.2) is 11.9 Å². The largest absolute Gasteiger partial charge is 0.455 e. The van der Waals surface area contributed by atoms with Crippen LogP contribution in [0.4, 0.5) is 4.39 Å². The molecule has 36 heavy (non-hydrogen) atoms. The van der Waals surface area contributed by atoms with Crippen molar-refractivity contribution in [2.75, 3.05) is 0 Å².